The molecule has 0 spiro atoms. The van der Waals surface area contributed by atoms with Crippen LogP contribution in [0.4, 0.5) is 16.2 Å². The summed E-state index contributed by atoms with van der Waals surface area (Å²) in [6, 6.07) is 3.08. The van der Waals surface area contributed by atoms with Crippen LogP contribution >= 0.6 is 11.6 Å². The van der Waals surface area contributed by atoms with Crippen LogP contribution in [0.15, 0.2) is 12.1 Å². The quantitative estimate of drug-likeness (QED) is 0.861. The van der Waals surface area contributed by atoms with Crippen LogP contribution in [0.1, 0.15) is 12.8 Å². The lowest BCUT2D eigenvalue weighted by Crippen LogP contribution is -2.44. The van der Waals surface area contributed by atoms with Crippen molar-refractivity contribution < 1.29 is 14.3 Å². The van der Waals surface area contributed by atoms with Crippen LogP contribution in [0, 0.1) is 5.92 Å². The van der Waals surface area contributed by atoms with E-state index in [1.807, 2.05) is 19.0 Å². The molecule has 0 bridgehead atoms. The lowest BCUT2D eigenvalue weighted by Gasteiger charge is -2.34. The van der Waals surface area contributed by atoms with Crippen LogP contribution in [-0.4, -0.2) is 62.1 Å². The van der Waals surface area contributed by atoms with Gasteiger partial charge in [-0.3, -0.25) is 4.79 Å². The highest BCUT2D eigenvalue weighted by molar-refractivity contribution is 6.34. The minimum atomic E-state index is -0.222. The number of likely N-dealkylation sites (tertiary alicyclic amines) is 1. The molecular formula is C17H23ClN4O3. The van der Waals surface area contributed by atoms with Crippen molar-refractivity contribution in [2.75, 3.05) is 51.0 Å². The van der Waals surface area contributed by atoms with E-state index in [9.17, 15) is 9.59 Å². The Bertz CT molecular complexity index is 680. The fraction of sp³-hybridized carbons (Fsp3) is 0.529. The van der Waals surface area contributed by atoms with Crippen molar-refractivity contribution in [3.63, 3.8) is 0 Å². The molecule has 7 nitrogen and oxygen atoms in total. The van der Waals surface area contributed by atoms with Gasteiger partial charge in [0.1, 0.15) is 5.75 Å². The highest BCUT2D eigenvalue weighted by atomic mass is 35.5. The largest absolute Gasteiger partial charge is 0.482 e. The summed E-state index contributed by atoms with van der Waals surface area (Å²) >= 11 is 6.24. The molecule has 2 aliphatic heterocycles. The number of fused-ring (bicyclic) bond motifs is 1. The highest BCUT2D eigenvalue weighted by Crippen LogP contribution is 2.36. The average Bonchev–Trinajstić information content (AvgIpc) is 2.55. The van der Waals surface area contributed by atoms with Gasteiger partial charge in [-0.25, -0.2) is 4.79 Å². The monoisotopic (exact) mass is 366 g/mol. The summed E-state index contributed by atoms with van der Waals surface area (Å²) < 4.78 is 5.38. The molecule has 3 rings (SSSR count). The molecule has 0 aliphatic carbocycles. The lowest BCUT2D eigenvalue weighted by molar-refractivity contribution is -0.118. The van der Waals surface area contributed by atoms with E-state index in [2.05, 4.69) is 15.5 Å². The Balaban J connectivity index is 1.67. The summed E-state index contributed by atoms with van der Waals surface area (Å²) in [5.41, 5.74) is 1.000. The van der Waals surface area contributed by atoms with Gasteiger partial charge in [0.25, 0.3) is 5.91 Å². The number of piperidine rings is 1. The van der Waals surface area contributed by atoms with Gasteiger partial charge in [0.15, 0.2) is 6.61 Å². The van der Waals surface area contributed by atoms with Gasteiger partial charge in [-0.2, -0.15) is 0 Å². The van der Waals surface area contributed by atoms with E-state index in [0.29, 0.717) is 28.1 Å². The molecule has 2 heterocycles. The second kappa shape index (κ2) is 7.49. The van der Waals surface area contributed by atoms with Gasteiger partial charge in [0.2, 0.25) is 0 Å². The zero-order valence-corrected chi connectivity index (χ0v) is 15.2. The first-order chi connectivity index (χ1) is 11.9. The summed E-state index contributed by atoms with van der Waals surface area (Å²) in [5.74, 6) is 0.760. The maximum absolute atomic E-state index is 12.6. The Labute approximate surface area is 152 Å². The normalized spacial score (nSPS) is 19.9. The van der Waals surface area contributed by atoms with Gasteiger partial charge < -0.3 is 25.2 Å². The third-order valence-corrected chi connectivity index (χ3v) is 4.69. The Kier molecular flexibility index (Phi) is 5.34. The van der Waals surface area contributed by atoms with Gasteiger partial charge in [0.05, 0.1) is 16.4 Å². The number of carbonyl (C=O) groups excluding carboxylic acids is 2. The molecule has 136 valence electrons. The SMILES string of the molecule is CN(C)CC1CCCN(C(=O)Nc2cc3c(cc2Cl)NC(=O)CO3)C1. The van der Waals surface area contributed by atoms with Crippen molar-refractivity contribution in [3.05, 3.63) is 17.2 Å². The first kappa shape index (κ1) is 17.8. The molecule has 1 aromatic carbocycles. The van der Waals surface area contributed by atoms with Crippen molar-refractivity contribution in [2.24, 2.45) is 5.92 Å². The fourth-order valence-corrected chi connectivity index (χ4v) is 3.52. The number of nitrogens with one attached hydrogen (secondary N) is 2. The fourth-order valence-electron chi connectivity index (χ4n) is 3.31. The molecule has 0 saturated carbocycles. The van der Waals surface area contributed by atoms with E-state index in [1.165, 1.54) is 0 Å². The predicted molar refractivity (Wildman–Crippen MR) is 97.4 cm³/mol. The molecule has 8 heteroatoms. The maximum atomic E-state index is 12.6. The molecule has 2 N–H and O–H groups in total. The zero-order chi connectivity index (χ0) is 18.0. The van der Waals surface area contributed by atoms with Gasteiger partial charge in [-0.1, -0.05) is 11.6 Å². The van der Waals surface area contributed by atoms with Gasteiger partial charge in [0, 0.05) is 25.7 Å². The first-order valence-electron chi connectivity index (χ1n) is 8.39. The molecule has 1 saturated heterocycles. The number of nitrogens with zero attached hydrogens (tertiary/aromatic N) is 2. The number of hydrogen-bond donors (Lipinski definition) is 2. The molecule has 1 atom stereocenters. The second-order valence-electron chi connectivity index (χ2n) is 6.81. The smallest absolute Gasteiger partial charge is 0.321 e. The molecule has 25 heavy (non-hydrogen) atoms. The van der Waals surface area contributed by atoms with E-state index in [-0.39, 0.29) is 18.5 Å². The first-order valence-corrected chi connectivity index (χ1v) is 8.77. The maximum Gasteiger partial charge on any atom is 0.321 e. The number of hydrogen-bond acceptors (Lipinski definition) is 4. The van der Waals surface area contributed by atoms with Crippen molar-refractivity contribution in [2.45, 2.75) is 12.8 Å². The number of urea groups is 1. The standard InChI is InChI=1S/C17H23ClN4O3/c1-21(2)8-11-4-3-5-22(9-11)17(24)20-13-7-15-14(6-12(13)18)19-16(23)10-25-15/h6-7,11H,3-5,8-10H2,1-2H3,(H,19,23)(H,20,24). The minimum Gasteiger partial charge on any atom is -0.482 e. The number of anilines is 2. The third-order valence-electron chi connectivity index (χ3n) is 4.37. The zero-order valence-electron chi connectivity index (χ0n) is 14.5. The van der Waals surface area contributed by atoms with Crippen LogP contribution in [0.3, 0.4) is 0 Å². The number of halogens is 1. The molecular weight excluding hydrogens is 344 g/mol. The average molecular weight is 367 g/mol. The number of rotatable bonds is 3. The second-order valence-corrected chi connectivity index (χ2v) is 7.22. The third kappa shape index (κ3) is 4.35. The van der Waals surface area contributed by atoms with E-state index in [1.54, 1.807) is 12.1 Å². The molecule has 0 radical (unpaired) electrons. The molecule has 0 aromatic heterocycles. The molecule has 1 fully saturated rings. The van der Waals surface area contributed by atoms with Gasteiger partial charge in [-0.05, 0) is 38.9 Å². The summed E-state index contributed by atoms with van der Waals surface area (Å²) in [5, 5.41) is 5.92. The van der Waals surface area contributed by atoms with E-state index >= 15 is 0 Å². The van der Waals surface area contributed by atoms with Crippen molar-refractivity contribution >= 4 is 34.9 Å². The number of benzene rings is 1. The Morgan fingerprint density at radius 1 is 1.48 bits per heavy atom. The van der Waals surface area contributed by atoms with E-state index < -0.39 is 0 Å². The summed E-state index contributed by atoms with van der Waals surface area (Å²) in [4.78, 5) is 27.9. The topological polar surface area (TPSA) is 73.9 Å². The van der Waals surface area contributed by atoms with Gasteiger partial charge in [-0.15, -0.1) is 0 Å². The Morgan fingerprint density at radius 3 is 3.04 bits per heavy atom. The molecule has 2 aliphatic rings. The highest BCUT2D eigenvalue weighted by Gasteiger charge is 2.25. The minimum absolute atomic E-state index is 0.0413. The lowest BCUT2D eigenvalue weighted by atomic mass is 9.98. The summed E-state index contributed by atoms with van der Waals surface area (Å²) in [7, 11) is 4.09. The van der Waals surface area contributed by atoms with Crippen molar-refractivity contribution in [3.8, 4) is 5.75 Å². The molecule has 1 unspecified atom stereocenters. The van der Waals surface area contributed by atoms with Crippen LogP contribution in [0.25, 0.3) is 0 Å². The van der Waals surface area contributed by atoms with E-state index in [4.69, 9.17) is 16.3 Å². The van der Waals surface area contributed by atoms with Crippen LogP contribution in [0.5, 0.6) is 5.75 Å². The van der Waals surface area contributed by atoms with E-state index in [0.717, 1.165) is 32.5 Å². The Hall–Kier alpha value is -1.99. The van der Waals surface area contributed by atoms with Gasteiger partial charge >= 0.3 is 6.03 Å². The van der Waals surface area contributed by atoms with Crippen molar-refractivity contribution in [1.82, 2.24) is 9.80 Å². The number of amides is 3. The Morgan fingerprint density at radius 2 is 2.28 bits per heavy atom. The molecule has 3 amide bonds. The summed E-state index contributed by atoms with van der Waals surface area (Å²) in [6.07, 6.45) is 2.13. The predicted octanol–water partition coefficient (Wildman–Crippen LogP) is 2.48. The van der Waals surface area contributed by atoms with Crippen LogP contribution in [-0.2, 0) is 4.79 Å². The van der Waals surface area contributed by atoms with Crippen molar-refractivity contribution in [1.29, 1.82) is 0 Å². The van der Waals surface area contributed by atoms with Crippen LogP contribution < -0.4 is 15.4 Å². The van der Waals surface area contributed by atoms with Crippen LogP contribution in [0.2, 0.25) is 5.02 Å². The summed E-state index contributed by atoms with van der Waals surface area (Å²) in [6.45, 7) is 2.40. The number of ether oxygens (including phenoxy) is 1. The number of carbonyl (C=O) groups is 2. The molecule has 1 aromatic rings.